The van der Waals surface area contributed by atoms with E-state index < -0.39 is 11.7 Å². The number of methoxy groups -OCH3 is 2. The minimum Gasteiger partial charge on any atom is -0.495 e. The topological polar surface area (TPSA) is 56.8 Å². The van der Waals surface area contributed by atoms with Crippen molar-refractivity contribution in [3.8, 4) is 11.5 Å². The number of unbranched alkanes of at least 4 members (excludes halogenated alkanes) is 1. The first-order chi connectivity index (χ1) is 11.8. The van der Waals surface area contributed by atoms with Gasteiger partial charge in [0.05, 0.1) is 19.1 Å². The fraction of sp³-hybridized carbons (Fsp3) is 0.632. The Kier molecular flexibility index (Phi) is 8.97. The van der Waals surface area contributed by atoms with Gasteiger partial charge in [-0.05, 0) is 57.1 Å². The third kappa shape index (κ3) is 7.90. The smallest absolute Gasteiger partial charge is 0.407 e. The summed E-state index contributed by atoms with van der Waals surface area (Å²) in [5.74, 6) is 2.66. The standard InChI is InChI=1S/C19H31NO4S/c1-7-8-11-25-17-15(22-5)12-14(13-16(17)23-6)9-10-20-18(21)24-19(2,3)4/h12-13H,7-11H2,1-6H3,(H,20,21). The Bertz CT molecular complexity index is 530. The van der Waals surface area contributed by atoms with Crippen LogP contribution in [0.1, 0.15) is 46.1 Å². The molecular weight excluding hydrogens is 338 g/mol. The molecule has 0 radical (unpaired) electrons. The molecule has 142 valence electrons. The zero-order valence-electron chi connectivity index (χ0n) is 16.2. The Morgan fingerprint density at radius 2 is 1.76 bits per heavy atom. The average Bonchev–Trinajstić information content (AvgIpc) is 2.53. The quantitative estimate of drug-likeness (QED) is 0.507. The summed E-state index contributed by atoms with van der Waals surface area (Å²) >= 11 is 1.75. The van der Waals surface area contributed by atoms with E-state index in [2.05, 4.69) is 12.2 Å². The summed E-state index contributed by atoms with van der Waals surface area (Å²) in [4.78, 5) is 12.7. The maximum atomic E-state index is 11.7. The van der Waals surface area contributed by atoms with E-state index in [1.54, 1.807) is 26.0 Å². The fourth-order valence-electron chi connectivity index (χ4n) is 2.16. The number of hydrogen-bond acceptors (Lipinski definition) is 5. The molecule has 1 aromatic rings. The van der Waals surface area contributed by atoms with Gasteiger partial charge in [-0.3, -0.25) is 0 Å². The molecule has 0 unspecified atom stereocenters. The van der Waals surface area contributed by atoms with Crippen LogP contribution in [0.3, 0.4) is 0 Å². The summed E-state index contributed by atoms with van der Waals surface area (Å²) in [6.07, 6.45) is 2.58. The summed E-state index contributed by atoms with van der Waals surface area (Å²) in [6, 6.07) is 4.02. The van der Waals surface area contributed by atoms with Gasteiger partial charge in [-0.1, -0.05) is 13.3 Å². The average molecular weight is 370 g/mol. The lowest BCUT2D eigenvalue weighted by atomic mass is 10.1. The Balaban J connectivity index is 2.73. The van der Waals surface area contributed by atoms with Crippen LogP contribution in [0, 0.1) is 0 Å². The van der Waals surface area contributed by atoms with E-state index in [9.17, 15) is 4.79 Å². The first kappa shape index (κ1) is 21.5. The molecule has 6 heteroatoms. The molecule has 0 aliphatic heterocycles. The normalized spacial score (nSPS) is 11.1. The highest BCUT2D eigenvalue weighted by atomic mass is 32.2. The Labute approximate surface area is 155 Å². The first-order valence-electron chi connectivity index (χ1n) is 8.65. The predicted molar refractivity (Wildman–Crippen MR) is 103 cm³/mol. The van der Waals surface area contributed by atoms with Crippen LogP contribution in [0.25, 0.3) is 0 Å². The molecule has 1 aromatic carbocycles. The van der Waals surface area contributed by atoms with Gasteiger partial charge < -0.3 is 19.5 Å². The predicted octanol–water partition coefficient (Wildman–Crippen LogP) is 4.66. The van der Waals surface area contributed by atoms with Crippen LogP contribution in [-0.4, -0.2) is 38.2 Å². The maximum absolute atomic E-state index is 11.7. The lowest BCUT2D eigenvalue weighted by Gasteiger charge is -2.20. The second-order valence-electron chi connectivity index (χ2n) is 6.71. The molecule has 0 fully saturated rings. The van der Waals surface area contributed by atoms with Gasteiger partial charge in [0.2, 0.25) is 0 Å². The highest BCUT2D eigenvalue weighted by molar-refractivity contribution is 7.99. The fourth-order valence-corrected chi connectivity index (χ4v) is 3.37. The van der Waals surface area contributed by atoms with Crippen molar-refractivity contribution in [2.45, 2.75) is 57.5 Å². The van der Waals surface area contributed by atoms with Crippen LogP contribution in [0.15, 0.2) is 17.0 Å². The van der Waals surface area contributed by atoms with Crippen LogP contribution in [-0.2, 0) is 11.2 Å². The molecule has 5 nitrogen and oxygen atoms in total. The molecule has 0 aliphatic carbocycles. The van der Waals surface area contributed by atoms with Crippen molar-refractivity contribution in [3.63, 3.8) is 0 Å². The second kappa shape index (κ2) is 10.4. The molecule has 1 N–H and O–H groups in total. The lowest BCUT2D eigenvalue weighted by molar-refractivity contribution is 0.0528. The van der Waals surface area contributed by atoms with Crippen molar-refractivity contribution in [1.82, 2.24) is 5.32 Å². The van der Waals surface area contributed by atoms with E-state index >= 15 is 0 Å². The van der Waals surface area contributed by atoms with Gasteiger partial charge in [-0.2, -0.15) is 0 Å². The monoisotopic (exact) mass is 369 g/mol. The molecule has 0 heterocycles. The van der Waals surface area contributed by atoms with Crippen molar-refractivity contribution in [3.05, 3.63) is 17.7 Å². The zero-order chi connectivity index (χ0) is 18.9. The second-order valence-corrected chi connectivity index (χ2v) is 7.82. The van der Waals surface area contributed by atoms with Gasteiger partial charge in [0, 0.05) is 6.54 Å². The summed E-state index contributed by atoms with van der Waals surface area (Å²) in [5, 5.41) is 2.77. The molecule has 0 saturated heterocycles. The largest absolute Gasteiger partial charge is 0.495 e. The summed E-state index contributed by atoms with van der Waals surface area (Å²) < 4.78 is 16.3. The van der Waals surface area contributed by atoms with E-state index in [0.717, 1.165) is 40.6 Å². The number of carbonyl (C=O) groups excluding carboxylic acids is 1. The molecular formula is C19H31NO4S. The number of ether oxygens (including phenoxy) is 3. The van der Waals surface area contributed by atoms with Crippen LogP contribution < -0.4 is 14.8 Å². The Morgan fingerprint density at radius 1 is 1.16 bits per heavy atom. The minimum atomic E-state index is -0.492. The van der Waals surface area contributed by atoms with E-state index in [1.807, 2.05) is 32.9 Å². The highest BCUT2D eigenvalue weighted by Crippen LogP contribution is 2.39. The van der Waals surface area contributed by atoms with E-state index in [4.69, 9.17) is 14.2 Å². The summed E-state index contributed by atoms with van der Waals surface area (Å²) in [7, 11) is 3.34. The van der Waals surface area contributed by atoms with Gasteiger partial charge in [0.15, 0.2) is 0 Å². The molecule has 0 saturated carbocycles. The lowest BCUT2D eigenvalue weighted by Crippen LogP contribution is -2.33. The summed E-state index contributed by atoms with van der Waals surface area (Å²) in [6.45, 7) is 8.20. The molecule has 0 spiro atoms. The Hall–Kier alpha value is -1.56. The molecule has 25 heavy (non-hydrogen) atoms. The first-order valence-corrected chi connectivity index (χ1v) is 9.63. The molecule has 0 bridgehead atoms. The number of amides is 1. The van der Waals surface area contributed by atoms with E-state index in [1.165, 1.54) is 0 Å². The number of rotatable bonds is 9. The number of hydrogen-bond donors (Lipinski definition) is 1. The Morgan fingerprint density at radius 3 is 2.24 bits per heavy atom. The van der Waals surface area contributed by atoms with Crippen molar-refractivity contribution in [2.24, 2.45) is 0 Å². The van der Waals surface area contributed by atoms with Gasteiger partial charge in [0.1, 0.15) is 17.1 Å². The van der Waals surface area contributed by atoms with Gasteiger partial charge >= 0.3 is 6.09 Å². The van der Waals surface area contributed by atoms with Crippen LogP contribution in [0.2, 0.25) is 0 Å². The summed E-state index contributed by atoms with van der Waals surface area (Å²) in [5.41, 5.74) is 0.554. The molecule has 0 aromatic heterocycles. The van der Waals surface area contributed by atoms with Crippen molar-refractivity contribution in [2.75, 3.05) is 26.5 Å². The third-order valence-corrected chi connectivity index (χ3v) is 4.53. The van der Waals surface area contributed by atoms with Gasteiger partial charge in [0.25, 0.3) is 0 Å². The molecule has 1 amide bonds. The zero-order valence-corrected chi connectivity index (χ0v) is 17.0. The molecule has 1 rings (SSSR count). The van der Waals surface area contributed by atoms with Gasteiger partial charge in [-0.25, -0.2) is 4.79 Å². The third-order valence-electron chi connectivity index (χ3n) is 3.35. The van der Waals surface area contributed by atoms with Crippen LogP contribution >= 0.6 is 11.8 Å². The number of alkyl carbamates (subject to hydrolysis) is 1. The number of carbonyl (C=O) groups is 1. The number of nitrogens with one attached hydrogen (secondary N) is 1. The number of benzene rings is 1. The molecule has 0 aliphatic rings. The number of thioether (sulfide) groups is 1. The van der Waals surface area contributed by atoms with Crippen molar-refractivity contribution >= 4 is 17.9 Å². The van der Waals surface area contributed by atoms with E-state index in [-0.39, 0.29) is 0 Å². The van der Waals surface area contributed by atoms with Crippen molar-refractivity contribution < 1.29 is 19.0 Å². The minimum absolute atomic E-state index is 0.404. The van der Waals surface area contributed by atoms with Crippen LogP contribution in [0.5, 0.6) is 11.5 Å². The molecule has 0 atom stereocenters. The van der Waals surface area contributed by atoms with Gasteiger partial charge in [-0.15, -0.1) is 11.8 Å². The SMILES string of the molecule is CCCCSc1c(OC)cc(CCNC(=O)OC(C)(C)C)cc1OC. The van der Waals surface area contributed by atoms with Crippen LogP contribution in [0.4, 0.5) is 4.79 Å². The van der Waals surface area contributed by atoms with E-state index in [0.29, 0.717) is 13.0 Å². The highest BCUT2D eigenvalue weighted by Gasteiger charge is 2.16. The van der Waals surface area contributed by atoms with Crippen molar-refractivity contribution in [1.29, 1.82) is 0 Å². The maximum Gasteiger partial charge on any atom is 0.407 e.